The van der Waals surface area contributed by atoms with Crippen molar-refractivity contribution in [3.63, 3.8) is 0 Å². The summed E-state index contributed by atoms with van der Waals surface area (Å²) < 4.78 is 5.26. The van der Waals surface area contributed by atoms with E-state index in [9.17, 15) is 0 Å². The number of nitrogens with zero attached hydrogens (tertiary/aromatic N) is 1. The van der Waals surface area contributed by atoms with Gasteiger partial charge >= 0.3 is 0 Å². The summed E-state index contributed by atoms with van der Waals surface area (Å²) in [6.45, 7) is 0. The van der Waals surface area contributed by atoms with E-state index in [0.717, 1.165) is 18.6 Å². The van der Waals surface area contributed by atoms with Gasteiger partial charge in [0.1, 0.15) is 5.75 Å². The minimum Gasteiger partial charge on any atom is -0.497 e. The molecule has 0 radical (unpaired) electrons. The Morgan fingerprint density at radius 1 is 1.16 bits per heavy atom. The third-order valence-electron chi connectivity index (χ3n) is 3.23. The van der Waals surface area contributed by atoms with Crippen LogP contribution in [0.15, 0.2) is 48.8 Å². The lowest BCUT2D eigenvalue weighted by molar-refractivity contribution is 0.414. The van der Waals surface area contributed by atoms with E-state index in [2.05, 4.69) is 28.5 Å². The molecule has 0 aliphatic carbocycles. The van der Waals surface area contributed by atoms with Gasteiger partial charge in [0.05, 0.1) is 7.11 Å². The van der Waals surface area contributed by atoms with E-state index in [4.69, 9.17) is 4.74 Å². The molecule has 1 heterocycles. The van der Waals surface area contributed by atoms with Gasteiger partial charge in [-0.15, -0.1) is 0 Å². The molecular weight excluding hydrogens is 236 g/mol. The van der Waals surface area contributed by atoms with E-state index in [0.29, 0.717) is 6.04 Å². The number of aromatic nitrogens is 1. The fourth-order valence-corrected chi connectivity index (χ4v) is 2.16. The number of likely N-dealkylation sites (N-methyl/N-ethyl adjacent to an activating group) is 1. The predicted molar refractivity (Wildman–Crippen MR) is 77.5 cm³/mol. The highest BCUT2D eigenvalue weighted by Gasteiger charge is 2.09. The Morgan fingerprint density at radius 2 is 1.95 bits per heavy atom. The topological polar surface area (TPSA) is 34.2 Å². The highest BCUT2D eigenvalue weighted by molar-refractivity contribution is 5.29. The van der Waals surface area contributed by atoms with Gasteiger partial charge in [0.15, 0.2) is 0 Å². The summed E-state index contributed by atoms with van der Waals surface area (Å²) in [7, 11) is 3.70. The molecule has 0 saturated carbocycles. The van der Waals surface area contributed by atoms with Crippen LogP contribution < -0.4 is 10.1 Å². The molecule has 0 aliphatic rings. The van der Waals surface area contributed by atoms with Gasteiger partial charge in [0, 0.05) is 18.4 Å². The van der Waals surface area contributed by atoms with Crippen LogP contribution in [0.25, 0.3) is 0 Å². The first-order valence-corrected chi connectivity index (χ1v) is 6.51. The summed E-state index contributed by atoms with van der Waals surface area (Å²) in [5, 5.41) is 3.37. The normalized spacial score (nSPS) is 12.1. The monoisotopic (exact) mass is 256 g/mol. The van der Waals surface area contributed by atoms with Crippen LogP contribution in [-0.4, -0.2) is 25.2 Å². The minimum absolute atomic E-state index is 0.399. The number of rotatable bonds is 6. The second-order valence-corrected chi connectivity index (χ2v) is 4.61. The smallest absolute Gasteiger partial charge is 0.119 e. The van der Waals surface area contributed by atoms with Crippen molar-refractivity contribution in [1.29, 1.82) is 0 Å². The molecule has 1 aromatic heterocycles. The molecule has 0 aliphatic heterocycles. The fraction of sp³-hybridized carbons (Fsp3) is 0.312. The van der Waals surface area contributed by atoms with Crippen molar-refractivity contribution in [1.82, 2.24) is 10.3 Å². The van der Waals surface area contributed by atoms with Crippen molar-refractivity contribution >= 4 is 0 Å². The van der Waals surface area contributed by atoms with Crippen molar-refractivity contribution in [2.24, 2.45) is 0 Å². The van der Waals surface area contributed by atoms with Gasteiger partial charge in [-0.25, -0.2) is 0 Å². The number of pyridine rings is 1. The lowest BCUT2D eigenvalue weighted by Gasteiger charge is -2.16. The van der Waals surface area contributed by atoms with Crippen LogP contribution in [0.1, 0.15) is 11.1 Å². The van der Waals surface area contributed by atoms with Crippen LogP contribution in [0.3, 0.4) is 0 Å². The van der Waals surface area contributed by atoms with Crippen LogP contribution >= 0.6 is 0 Å². The molecule has 2 aromatic rings. The van der Waals surface area contributed by atoms with E-state index in [1.54, 1.807) is 13.3 Å². The van der Waals surface area contributed by atoms with Crippen LogP contribution in [0.4, 0.5) is 0 Å². The molecule has 1 unspecified atom stereocenters. The van der Waals surface area contributed by atoms with E-state index in [1.165, 1.54) is 11.1 Å². The standard InChI is InChI=1S/C16H20N2O/c1-17-15(10-14-6-4-8-18-12-14)9-13-5-3-7-16(11-13)19-2/h3-8,11-12,15,17H,9-10H2,1-2H3. The fourth-order valence-electron chi connectivity index (χ4n) is 2.16. The Kier molecular flexibility index (Phi) is 4.93. The third-order valence-corrected chi connectivity index (χ3v) is 3.23. The van der Waals surface area contributed by atoms with Gasteiger partial charge in [-0.05, 0) is 49.2 Å². The number of methoxy groups -OCH3 is 1. The number of hydrogen-bond acceptors (Lipinski definition) is 3. The molecule has 100 valence electrons. The Morgan fingerprint density at radius 3 is 2.63 bits per heavy atom. The molecule has 3 heteroatoms. The van der Waals surface area contributed by atoms with Crippen molar-refractivity contribution in [3.8, 4) is 5.75 Å². The molecule has 0 amide bonds. The van der Waals surface area contributed by atoms with Crippen LogP contribution in [0.2, 0.25) is 0 Å². The zero-order valence-electron chi connectivity index (χ0n) is 11.5. The van der Waals surface area contributed by atoms with Gasteiger partial charge in [0.2, 0.25) is 0 Å². The van der Waals surface area contributed by atoms with E-state index in [1.807, 2.05) is 31.4 Å². The van der Waals surface area contributed by atoms with Crippen LogP contribution in [0.5, 0.6) is 5.75 Å². The average molecular weight is 256 g/mol. The summed E-state index contributed by atoms with van der Waals surface area (Å²) in [6.07, 6.45) is 5.68. The largest absolute Gasteiger partial charge is 0.497 e. The summed E-state index contributed by atoms with van der Waals surface area (Å²) in [5.41, 5.74) is 2.53. The Labute approximate surface area is 114 Å². The van der Waals surface area contributed by atoms with Crippen molar-refractivity contribution in [2.75, 3.05) is 14.2 Å². The average Bonchev–Trinajstić information content (AvgIpc) is 2.48. The molecule has 1 atom stereocenters. The first-order chi connectivity index (χ1) is 9.31. The van der Waals surface area contributed by atoms with Crippen molar-refractivity contribution in [3.05, 3.63) is 59.9 Å². The summed E-state index contributed by atoms with van der Waals surface area (Å²) >= 11 is 0. The van der Waals surface area contributed by atoms with Gasteiger partial charge in [0.25, 0.3) is 0 Å². The second-order valence-electron chi connectivity index (χ2n) is 4.61. The molecule has 0 bridgehead atoms. The van der Waals surface area contributed by atoms with Gasteiger partial charge in [-0.1, -0.05) is 18.2 Å². The highest BCUT2D eigenvalue weighted by Crippen LogP contribution is 2.15. The van der Waals surface area contributed by atoms with Gasteiger partial charge in [-0.3, -0.25) is 4.98 Å². The maximum atomic E-state index is 5.26. The molecule has 0 fully saturated rings. The Hall–Kier alpha value is -1.87. The number of nitrogens with one attached hydrogen (secondary N) is 1. The van der Waals surface area contributed by atoms with E-state index in [-0.39, 0.29) is 0 Å². The first kappa shape index (κ1) is 13.6. The summed E-state index contributed by atoms with van der Waals surface area (Å²) in [5.74, 6) is 0.911. The first-order valence-electron chi connectivity index (χ1n) is 6.51. The number of ether oxygens (including phenoxy) is 1. The predicted octanol–water partition coefficient (Wildman–Crippen LogP) is 2.46. The zero-order chi connectivity index (χ0) is 13.5. The Bertz CT molecular complexity index is 499. The van der Waals surface area contributed by atoms with Crippen molar-refractivity contribution < 1.29 is 4.74 Å². The summed E-state index contributed by atoms with van der Waals surface area (Å²) in [4.78, 5) is 4.16. The molecule has 1 aromatic carbocycles. The molecule has 3 nitrogen and oxygen atoms in total. The molecule has 0 spiro atoms. The van der Waals surface area contributed by atoms with Gasteiger partial charge in [-0.2, -0.15) is 0 Å². The van der Waals surface area contributed by atoms with E-state index >= 15 is 0 Å². The summed E-state index contributed by atoms with van der Waals surface area (Å²) in [6, 6.07) is 12.7. The second kappa shape index (κ2) is 6.90. The van der Waals surface area contributed by atoms with Crippen molar-refractivity contribution in [2.45, 2.75) is 18.9 Å². The maximum Gasteiger partial charge on any atom is 0.119 e. The molecule has 1 N–H and O–H groups in total. The quantitative estimate of drug-likeness (QED) is 0.862. The molecule has 0 saturated heterocycles. The highest BCUT2D eigenvalue weighted by atomic mass is 16.5. The maximum absolute atomic E-state index is 5.26. The van der Waals surface area contributed by atoms with Crippen LogP contribution in [-0.2, 0) is 12.8 Å². The lowest BCUT2D eigenvalue weighted by Crippen LogP contribution is -2.29. The van der Waals surface area contributed by atoms with Crippen LogP contribution in [0, 0.1) is 0 Å². The van der Waals surface area contributed by atoms with Gasteiger partial charge < -0.3 is 10.1 Å². The zero-order valence-corrected chi connectivity index (χ0v) is 11.5. The molecular formula is C16H20N2O. The minimum atomic E-state index is 0.399. The van der Waals surface area contributed by atoms with E-state index < -0.39 is 0 Å². The molecule has 2 rings (SSSR count). The number of benzene rings is 1. The number of hydrogen-bond donors (Lipinski definition) is 1. The third kappa shape index (κ3) is 4.07. The molecule has 19 heavy (non-hydrogen) atoms. The Balaban J connectivity index is 2.02. The lowest BCUT2D eigenvalue weighted by atomic mass is 10.00. The SMILES string of the molecule is CNC(Cc1cccnc1)Cc1cccc(OC)c1.